The van der Waals surface area contributed by atoms with Gasteiger partial charge in [0, 0.05) is 13.1 Å². The molecule has 7 nitrogen and oxygen atoms in total. The molecule has 1 saturated heterocycles. The molecule has 2 aromatic rings. The number of hydrogen-bond acceptors (Lipinski definition) is 5. The Morgan fingerprint density at radius 3 is 2.96 bits per heavy atom. The van der Waals surface area contributed by atoms with Crippen LogP contribution >= 0.6 is 0 Å². The summed E-state index contributed by atoms with van der Waals surface area (Å²) in [5.41, 5.74) is 0. The Labute approximate surface area is 141 Å². The first-order valence-electron chi connectivity index (χ1n) is 8.18. The summed E-state index contributed by atoms with van der Waals surface area (Å²) in [5, 5.41) is 8.07. The lowest BCUT2D eigenvalue weighted by atomic mass is 10.2. The second-order valence-corrected chi connectivity index (χ2v) is 5.69. The van der Waals surface area contributed by atoms with E-state index in [1.54, 1.807) is 18.2 Å². The number of amides is 1. The van der Waals surface area contributed by atoms with Crippen LogP contribution in [0.3, 0.4) is 0 Å². The van der Waals surface area contributed by atoms with Crippen molar-refractivity contribution in [2.45, 2.75) is 32.6 Å². The van der Waals surface area contributed by atoms with E-state index in [9.17, 15) is 4.79 Å². The molecule has 0 unspecified atom stereocenters. The second-order valence-electron chi connectivity index (χ2n) is 5.69. The van der Waals surface area contributed by atoms with Crippen LogP contribution in [0.1, 0.15) is 25.8 Å². The Balaban J connectivity index is 1.64. The van der Waals surface area contributed by atoms with Crippen LogP contribution in [-0.4, -0.2) is 51.4 Å². The molecule has 128 valence electrons. The van der Waals surface area contributed by atoms with Crippen LogP contribution in [0.2, 0.25) is 0 Å². The first-order chi connectivity index (χ1) is 11.7. The molecule has 0 radical (unpaired) electrons. The highest BCUT2D eigenvalue weighted by molar-refractivity contribution is 5.81. The SMILES string of the molecule is CCn1cnnc1[C@H]1CN(C(=O)[C@@H](C)Oc2ccccc2)CCO1. The van der Waals surface area contributed by atoms with Crippen LogP contribution < -0.4 is 4.74 Å². The lowest BCUT2D eigenvalue weighted by molar-refractivity contribution is -0.146. The van der Waals surface area contributed by atoms with Crippen LogP contribution in [0, 0.1) is 0 Å². The lowest BCUT2D eigenvalue weighted by Crippen LogP contribution is -2.47. The molecule has 1 aliphatic heterocycles. The van der Waals surface area contributed by atoms with Crippen molar-refractivity contribution in [3.05, 3.63) is 42.5 Å². The fourth-order valence-electron chi connectivity index (χ4n) is 2.77. The van der Waals surface area contributed by atoms with Gasteiger partial charge < -0.3 is 18.9 Å². The highest BCUT2D eigenvalue weighted by Gasteiger charge is 2.31. The average Bonchev–Trinajstić information content (AvgIpc) is 3.11. The smallest absolute Gasteiger partial charge is 0.263 e. The first kappa shape index (κ1) is 16.4. The van der Waals surface area contributed by atoms with Crippen LogP contribution in [0.5, 0.6) is 5.75 Å². The Bertz CT molecular complexity index is 673. The molecule has 1 aliphatic rings. The van der Waals surface area contributed by atoms with Crippen molar-refractivity contribution < 1.29 is 14.3 Å². The molecule has 7 heteroatoms. The quantitative estimate of drug-likeness (QED) is 0.834. The summed E-state index contributed by atoms with van der Waals surface area (Å²) in [6, 6.07) is 9.37. The number of aryl methyl sites for hydroxylation is 1. The van der Waals surface area contributed by atoms with Crippen LogP contribution in [0.4, 0.5) is 0 Å². The van der Waals surface area contributed by atoms with Gasteiger partial charge >= 0.3 is 0 Å². The summed E-state index contributed by atoms with van der Waals surface area (Å²) in [6.07, 6.45) is 0.880. The highest BCUT2D eigenvalue weighted by atomic mass is 16.5. The summed E-state index contributed by atoms with van der Waals surface area (Å²) in [6.45, 7) is 6.05. The highest BCUT2D eigenvalue weighted by Crippen LogP contribution is 2.21. The van der Waals surface area contributed by atoms with Crippen molar-refractivity contribution in [3.63, 3.8) is 0 Å². The van der Waals surface area contributed by atoms with E-state index in [1.807, 2.05) is 41.8 Å². The van der Waals surface area contributed by atoms with Gasteiger partial charge in [-0.05, 0) is 26.0 Å². The molecule has 0 saturated carbocycles. The third-order valence-electron chi connectivity index (χ3n) is 4.06. The standard InChI is InChI=1S/C17H22N4O3/c1-3-20-12-18-19-16(20)15-11-21(9-10-23-15)17(22)13(2)24-14-7-5-4-6-8-14/h4-8,12-13,15H,3,9-11H2,1-2H3/t13-,15-/m1/s1. The maximum atomic E-state index is 12.7. The van der Waals surface area contributed by atoms with E-state index in [0.29, 0.717) is 25.4 Å². The van der Waals surface area contributed by atoms with Crippen molar-refractivity contribution in [1.29, 1.82) is 0 Å². The predicted molar refractivity (Wildman–Crippen MR) is 87.5 cm³/mol. The van der Waals surface area contributed by atoms with E-state index in [0.717, 1.165) is 12.4 Å². The molecular formula is C17H22N4O3. The van der Waals surface area contributed by atoms with E-state index < -0.39 is 6.10 Å². The monoisotopic (exact) mass is 330 g/mol. The third kappa shape index (κ3) is 3.56. The number of para-hydroxylation sites is 1. The minimum Gasteiger partial charge on any atom is -0.481 e. The predicted octanol–water partition coefficient (Wildman–Crippen LogP) is 1.67. The summed E-state index contributed by atoms with van der Waals surface area (Å²) >= 11 is 0. The van der Waals surface area contributed by atoms with Crippen molar-refractivity contribution in [2.75, 3.05) is 19.7 Å². The van der Waals surface area contributed by atoms with Crippen LogP contribution in [0.15, 0.2) is 36.7 Å². The van der Waals surface area contributed by atoms with E-state index in [-0.39, 0.29) is 12.0 Å². The lowest BCUT2D eigenvalue weighted by Gasteiger charge is -2.34. The number of carbonyl (C=O) groups excluding carboxylic acids is 1. The van der Waals surface area contributed by atoms with Crippen molar-refractivity contribution in [2.24, 2.45) is 0 Å². The molecule has 24 heavy (non-hydrogen) atoms. The number of carbonyl (C=O) groups is 1. The fourth-order valence-corrected chi connectivity index (χ4v) is 2.77. The normalized spacial score (nSPS) is 19.1. The van der Waals surface area contributed by atoms with E-state index in [2.05, 4.69) is 10.2 Å². The van der Waals surface area contributed by atoms with Gasteiger partial charge in [-0.2, -0.15) is 0 Å². The average molecular weight is 330 g/mol. The van der Waals surface area contributed by atoms with E-state index in [1.165, 1.54) is 0 Å². The number of aromatic nitrogens is 3. The zero-order valence-electron chi connectivity index (χ0n) is 14.0. The van der Waals surface area contributed by atoms with Crippen LogP contribution in [0.25, 0.3) is 0 Å². The van der Waals surface area contributed by atoms with Crippen LogP contribution in [-0.2, 0) is 16.1 Å². The maximum Gasteiger partial charge on any atom is 0.263 e. The largest absolute Gasteiger partial charge is 0.481 e. The number of hydrogen-bond donors (Lipinski definition) is 0. The van der Waals surface area contributed by atoms with Crippen molar-refractivity contribution in [3.8, 4) is 5.75 Å². The number of benzene rings is 1. The topological polar surface area (TPSA) is 69.5 Å². The number of morpholine rings is 1. The zero-order chi connectivity index (χ0) is 16.9. The molecule has 3 rings (SSSR count). The van der Waals surface area contributed by atoms with Gasteiger partial charge in [0.25, 0.3) is 5.91 Å². The summed E-state index contributed by atoms with van der Waals surface area (Å²) in [5.74, 6) is 1.40. The number of nitrogens with zero attached hydrogens (tertiary/aromatic N) is 4. The molecule has 1 amide bonds. The Morgan fingerprint density at radius 2 is 2.21 bits per heavy atom. The molecule has 1 aromatic heterocycles. The van der Waals surface area contributed by atoms with Gasteiger partial charge in [-0.3, -0.25) is 4.79 Å². The minimum atomic E-state index is -0.546. The molecule has 0 aliphatic carbocycles. The van der Waals surface area contributed by atoms with Gasteiger partial charge in [-0.1, -0.05) is 18.2 Å². The molecular weight excluding hydrogens is 308 g/mol. The summed E-state index contributed by atoms with van der Waals surface area (Å²) in [4.78, 5) is 14.4. The fraction of sp³-hybridized carbons (Fsp3) is 0.471. The maximum absolute atomic E-state index is 12.7. The van der Waals surface area contributed by atoms with Crippen molar-refractivity contribution >= 4 is 5.91 Å². The van der Waals surface area contributed by atoms with Crippen molar-refractivity contribution in [1.82, 2.24) is 19.7 Å². The van der Waals surface area contributed by atoms with Gasteiger partial charge in [0.05, 0.1) is 13.2 Å². The molecule has 1 aromatic carbocycles. The Kier molecular flexibility index (Phi) is 5.10. The third-order valence-corrected chi connectivity index (χ3v) is 4.06. The zero-order valence-corrected chi connectivity index (χ0v) is 14.0. The minimum absolute atomic E-state index is 0.0466. The van der Waals surface area contributed by atoms with Gasteiger partial charge in [0.15, 0.2) is 11.9 Å². The molecule has 2 heterocycles. The molecule has 0 spiro atoms. The first-order valence-corrected chi connectivity index (χ1v) is 8.18. The number of rotatable bonds is 5. The second kappa shape index (κ2) is 7.44. The summed E-state index contributed by atoms with van der Waals surface area (Å²) < 4.78 is 13.5. The molecule has 0 N–H and O–H groups in total. The van der Waals surface area contributed by atoms with Gasteiger partial charge in [0.2, 0.25) is 0 Å². The molecule has 0 bridgehead atoms. The van der Waals surface area contributed by atoms with Gasteiger partial charge in [-0.25, -0.2) is 0 Å². The number of ether oxygens (including phenoxy) is 2. The van der Waals surface area contributed by atoms with E-state index in [4.69, 9.17) is 9.47 Å². The Morgan fingerprint density at radius 1 is 1.42 bits per heavy atom. The van der Waals surface area contributed by atoms with Gasteiger partial charge in [-0.15, -0.1) is 10.2 Å². The summed E-state index contributed by atoms with van der Waals surface area (Å²) in [7, 11) is 0. The van der Waals surface area contributed by atoms with Gasteiger partial charge in [0.1, 0.15) is 18.2 Å². The molecule has 2 atom stereocenters. The van der Waals surface area contributed by atoms with E-state index >= 15 is 0 Å². The Hall–Kier alpha value is -2.41. The molecule has 1 fully saturated rings.